The number of carboxylic acids is 1. The Balaban J connectivity index is 2.04. The van der Waals surface area contributed by atoms with Crippen LogP contribution < -0.4 is 10.6 Å². The second-order valence-electron chi connectivity index (χ2n) is 5.36. The summed E-state index contributed by atoms with van der Waals surface area (Å²) in [7, 11) is 1.73. The highest BCUT2D eigenvalue weighted by Gasteiger charge is 2.27. The van der Waals surface area contributed by atoms with E-state index < -0.39 is 5.97 Å². The first kappa shape index (κ1) is 14.5. The second-order valence-corrected chi connectivity index (χ2v) is 5.36. The second kappa shape index (κ2) is 6.05. The SMILES string of the molecule is CN(C(=O)C1CCC(N)CC1)c1ccc(C(=O)O)cc1. The lowest BCUT2D eigenvalue weighted by Crippen LogP contribution is -2.37. The van der Waals surface area contributed by atoms with Crippen molar-refractivity contribution in [3.05, 3.63) is 29.8 Å². The summed E-state index contributed by atoms with van der Waals surface area (Å²) in [6.07, 6.45) is 3.44. The predicted octanol–water partition coefficient (Wildman–Crippen LogP) is 1.87. The van der Waals surface area contributed by atoms with Crippen molar-refractivity contribution in [2.24, 2.45) is 11.7 Å². The summed E-state index contributed by atoms with van der Waals surface area (Å²) in [5.41, 5.74) is 6.79. The molecule has 1 aliphatic rings. The quantitative estimate of drug-likeness (QED) is 0.882. The molecule has 1 aliphatic carbocycles. The van der Waals surface area contributed by atoms with E-state index in [9.17, 15) is 9.59 Å². The van der Waals surface area contributed by atoms with Crippen molar-refractivity contribution >= 4 is 17.6 Å². The molecule has 1 saturated carbocycles. The molecule has 0 unspecified atom stereocenters. The molecule has 2 rings (SSSR count). The highest BCUT2D eigenvalue weighted by molar-refractivity contribution is 5.95. The van der Waals surface area contributed by atoms with Crippen LogP contribution in [0.3, 0.4) is 0 Å². The summed E-state index contributed by atoms with van der Waals surface area (Å²) >= 11 is 0. The minimum atomic E-state index is -0.966. The van der Waals surface area contributed by atoms with Gasteiger partial charge in [0.05, 0.1) is 5.56 Å². The third kappa shape index (κ3) is 3.17. The van der Waals surface area contributed by atoms with Gasteiger partial charge in [-0.25, -0.2) is 4.79 Å². The van der Waals surface area contributed by atoms with Gasteiger partial charge in [-0.15, -0.1) is 0 Å². The number of carbonyl (C=O) groups is 2. The molecule has 20 heavy (non-hydrogen) atoms. The van der Waals surface area contributed by atoms with Crippen molar-refractivity contribution < 1.29 is 14.7 Å². The Morgan fingerprint density at radius 2 is 1.70 bits per heavy atom. The topological polar surface area (TPSA) is 83.6 Å². The largest absolute Gasteiger partial charge is 0.478 e. The smallest absolute Gasteiger partial charge is 0.335 e. The molecule has 0 aliphatic heterocycles. The third-order valence-corrected chi connectivity index (χ3v) is 3.95. The summed E-state index contributed by atoms with van der Waals surface area (Å²) in [6, 6.07) is 6.57. The Morgan fingerprint density at radius 1 is 1.15 bits per heavy atom. The molecule has 0 heterocycles. The molecular weight excluding hydrogens is 256 g/mol. The molecule has 3 N–H and O–H groups in total. The van der Waals surface area contributed by atoms with Crippen LogP contribution in [0.2, 0.25) is 0 Å². The molecule has 5 heteroatoms. The summed E-state index contributed by atoms with van der Waals surface area (Å²) in [4.78, 5) is 24.8. The van der Waals surface area contributed by atoms with Crippen molar-refractivity contribution in [1.29, 1.82) is 0 Å². The van der Waals surface area contributed by atoms with Gasteiger partial charge in [0, 0.05) is 24.7 Å². The molecule has 1 fully saturated rings. The Morgan fingerprint density at radius 3 is 2.20 bits per heavy atom. The van der Waals surface area contributed by atoms with Gasteiger partial charge in [0.15, 0.2) is 0 Å². The van der Waals surface area contributed by atoms with E-state index in [0.717, 1.165) is 31.4 Å². The Labute approximate surface area is 118 Å². The summed E-state index contributed by atoms with van der Waals surface area (Å²) in [5, 5.41) is 8.86. The normalized spacial score (nSPS) is 22.3. The van der Waals surface area contributed by atoms with Crippen LogP contribution >= 0.6 is 0 Å². The molecule has 0 aromatic heterocycles. The number of hydrogen-bond acceptors (Lipinski definition) is 3. The van der Waals surface area contributed by atoms with Crippen LogP contribution in [0.15, 0.2) is 24.3 Å². The molecule has 108 valence electrons. The van der Waals surface area contributed by atoms with Crippen molar-refractivity contribution in [3.8, 4) is 0 Å². The molecular formula is C15H20N2O3. The Kier molecular flexibility index (Phi) is 4.39. The van der Waals surface area contributed by atoms with Crippen molar-refractivity contribution in [2.75, 3.05) is 11.9 Å². The number of hydrogen-bond donors (Lipinski definition) is 2. The average Bonchev–Trinajstić information content (AvgIpc) is 2.46. The van der Waals surface area contributed by atoms with E-state index in [4.69, 9.17) is 10.8 Å². The summed E-state index contributed by atoms with van der Waals surface area (Å²) in [6.45, 7) is 0. The molecule has 1 aromatic carbocycles. The van der Waals surface area contributed by atoms with E-state index in [1.54, 1.807) is 24.1 Å². The summed E-state index contributed by atoms with van der Waals surface area (Å²) in [5.74, 6) is -0.856. The van der Waals surface area contributed by atoms with Crippen LogP contribution in [-0.2, 0) is 4.79 Å². The predicted molar refractivity (Wildman–Crippen MR) is 76.7 cm³/mol. The lowest BCUT2D eigenvalue weighted by Gasteiger charge is -2.29. The van der Waals surface area contributed by atoms with Gasteiger partial charge in [-0.05, 0) is 49.9 Å². The van der Waals surface area contributed by atoms with Gasteiger partial charge in [-0.2, -0.15) is 0 Å². The minimum absolute atomic E-state index is 0.0268. The maximum absolute atomic E-state index is 12.4. The van der Waals surface area contributed by atoms with Gasteiger partial charge in [-0.1, -0.05) is 0 Å². The number of carboxylic acid groups (broad SMARTS) is 1. The van der Waals surface area contributed by atoms with Crippen LogP contribution in [0.25, 0.3) is 0 Å². The highest BCUT2D eigenvalue weighted by atomic mass is 16.4. The van der Waals surface area contributed by atoms with E-state index in [1.165, 1.54) is 12.1 Å². The maximum atomic E-state index is 12.4. The van der Waals surface area contributed by atoms with Gasteiger partial charge in [0.2, 0.25) is 5.91 Å². The first-order valence-corrected chi connectivity index (χ1v) is 6.85. The van der Waals surface area contributed by atoms with E-state index >= 15 is 0 Å². The zero-order valence-electron chi connectivity index (χ0n) is 11.6. The number of carbonyl (C=O) groups excluding carboxylic acids is 1. The van der Waals surface area contributed by atoms with Gasteiger partial charge in [0.1, 0.15) is 0 Å². The van der Waals surface area contributed by atoms with E-state index in [1.807, 2.05) is 0 Å². The highest BCUT2D eigenvalue weighted by Crippen LogP contribution is 2.26. The van der Waals surface area contributed by atoms with Crippen LogP contribution in [0.4, 0.5) is 5.69 Å². The molecule has 0 radical (unpaired) electrons. The van der Waals surface area contributed by atoms with Crippen molar-refractivity contribution in [3.63, 3.8) is 0 Å². The Hall–Kier alpha value is -1.88. The molecule has 0 saturated heterocycles. The zero-order chi connectivity index (χ0) is 14.7. The monoisotopic (exact) mass is 276 g/mol. The number of rotatable bonds is 3. The number of aromatic carboxylic acids is 1. The van der Waals surface area contributed by atoms with Crippen molar-refractivity contribution in [2.45, 2.75) is 31.7 Å². The van der Waals surface area contributed by atoms with E-state index in [2.05, 4.69) is 0 Å². The Bertz CT molecular complexity index is 490. The molecule has 0 bridgehead atoms. The first-order valence-electron chi connectivity index (χ1n) is 6.85. The van der Waals surface area contributed by atoms with Gasteiger partial charge in [-0.3, -0.25) is 4.79 Å². The number of nitrogens with zero attached hydrogens (tertiary/aromatic N) is 1. The van der Waals surface area contributed by atoms with Crippen LogP contribution in [0.5, 0.6) is 0 Å². The van der Waals surface area contributed by atoms with Gasteiger partial charge >= 0.3 is 5.97 Å². The number of amides is 1. The minimum Gasteiger partial charge on any atom is -0.478 e. The van der Waals surface area contributed by atoms with Crippen LogP contribution in [-0.4, -0.2) is 30.1 Å². The fourth-order valence-corrected chi connectivity index (χ4v) is 2.59. The van der Waals surface area contributed by atoms with Crippen LogP contribution in [0.1, 0.15) is 36.0 Å². The van der Waals surface area contributed by atoms with Gasteiger partial charge < -0.3 is 15.7 Å². The van der Waals surface area contributed by atoms with Crippen molar-refractivity contribution in [1.82, 2.24) is 0 Å². The maximum Gasteiger partial charge on any atom is 0.335 e. The van der Waals surface area contributed by atoms with E-state index in [-0.39, 0.29) is 23.4 Å². The molecule has 0 spiro atoms. The standard InChI is InChI=1S/C15H20N2O3/c1-17(13-8-4-11(5-9-13)15(19)20)14(18)10-2-6-12(16)7-3-10/h4-5,8-10,12H,2-3,6-7,16H2,1H3,(H,19,20). The fourth-order valence-electron chi connectivity index (χ4n) is 2.59. The lowest BCUT2D eigenvalue weighted by molar-refractivity contribution is -0.123. The summed E-state index contributed by atoms with van der Waals surface area (Å²) < 4.78 is 0. The number of nitrogens with two attached hydrogens (primary N) is 1. The average molecular weight is 276 g/mol. The van der Waals surface area contributed by atoms with E-state index in [0.29, 0.717) is 0 Å². The third-order valence-electron chi connectivity index (χ3n) is 3.95. The molecule has 5 nitrogen and oxygen atoms in total. The zero-order valence-corrected chi connectivity index (χ0v) is 11.6. The lowest BCUT2D eigenvalue weighted by atomic mass is 9.85. The molecule has 1 aromatic rings. The number of benzene rings is 1. The van der Waals surface area contributed by atoms with Gasteiger partial charge in [0.25, 0.3) is 0 Å². The van der Waals surface area contributed by atoms with Crippen LogP contribution in [0, 0.1) is 5.92 Å². The molecule has 1 amide bonds. The number of anilines is 1. The molecule has 0 atom stereocenters. The fraction of sp³-hybridized carbons (Fsp3) is 0.467. The first-order chi connectivity index (χ1) is 9.49.